The van der Waals surface area contributed by atoms with E-state index in [-0.39, 0.29) is 31.5 Å². The maximum atomic E-state index is 12.3. The molecule has 0 bridgehead atoms. The van der Waals surface area contributed by atoms with Crippen molar-refractivity contribution in [1.29, 1.82) is 0 Å². The summed E-state index contributed by atoms with van der Waals surface area (Å²) in [5.41, 5.74) is 1.56. The Hall–Kier alpha value is -2.64. The average Bonchev–Trinajstić information content (AvgIpc) is 2.92. The van der Waals surface area contributed by atoms with Gasteiger partial charge in [-0.05, 0) is 37.4 Å². The molecule has 31 heavy (non-hydrogen) atoms. The summed E-state index contributed by atoms with van der Waals surface area (Å²) in [6.07, 6.45) is 0.473. The summed E-state index contributed by atoms with van der Waals surface area (Å²) in [6.45, 7) is 1.76. The first-order chi connectivity index (χ1) is 15.0. The van der Waals surface area contributed by atoms with Gasteiger partial charge in [0, 0.05) is 37.1 Å². The number of carbonyl (C=O) groups is 1. The number of ether oxygens (including phenoxy) is 2. The van der Waals surface area contributed by atoms with Crippen LogP contribution in [-0.2, 0) is 9.53 Å². The minimum absolute atomic E-state index is 0.0375. The number of fused-ring (bicyclic) bond motifs is 2. The van der Waals surface area contributed by atoms with E-state index >= 15 is 0 Å². The molecule has 8 heteroatoms. The monoisotopic (exact) mass is 445 g/mol. The van der Waals surface area contributed by atoms with Crippen LogP contribution in [0.3, 0.4) is 0 Å². The molecule has 2 aliphatic heterocycles. The molecular formula is C23H25ClFN3O3. The Bertz CT molecular complexity index is 984. The third-order valence-corrected chi connectivity index (χ3v) is 5.75. The molecule has 2 aromatic rings. The Morgan fingerprint density at radius 1 is 1.26 bits per heavy atom. The number of amidine groups is 1. The number of rotatable bonds is 5. The molecule has 1 saturated heterocycles. The number of para-hydroxylation sites is 1. The summed E-state index contributed by atoms with van der Waals surface area (Å²) in [6, 6.07) is 13.1. The number of esters is 1. The summed E-state index contributed by atoms with van der Waals surface area (Å²) in [5, 5.41) is 0.587. The lowest BCUT2D eigenvalue weighted by Crippen LogP contribution is -2.54. The highest BCUT2D eigenvalue weighted by Crippen LogP contribution is 2.39. The van der Waals surface area contributed by atoms with Crippen LogP contribution in [0.2, 0.25) is 5.02 Å². The topological polar surface area (TPSA) is 54.4 Å². The van der Waals surface area contributed by atoms with Gasteiger partial charge in [0.05, 0.1) is 25.3 Å². The predicted molar refractivity (Wildman–Crippen MR) is 118 cm³/mol. The zero-order valence-electron chi connectivity index (χ0n) is 17.4. The number of benzene rings is 2. The summed E-state index contributed by atoms with van der Waals surface area (Å²) < 4.78 is 23.6. The molecule has 0 amide bonds. The van der Waals surface area contributed by atoms with Gasteiger partial charge < -0.3 is 14.4 Å². The number of likely N-dealkylation sites (N-methyl/N-ethyl adjacent to an activating group) is 1. The maximum absolute atomic E-state index is 12.3. The molecule has 0 saturated carbocycles. The fraction of sp³-hybridized carbons (Fsp3) is 0.391. The first-order valence-corrected chi connectivity index (χ1v) is 10.7. The van der Waals surface area contributed by atoms with Crippen molar-refractivity contribution in [3.63, 3.8) is 0 Å². The van der Waals surface area contributed by atoms with Crippen LogP contribution in [0.4, 0.5) is 10.1 Å². The van der Waals surface area contributed by atoms with E-state index in [2.05, 4.69) is 9.80 Å². The zero-order valence-corrected chi connectivity index (χ0v) is 18.1. The van der Waals surface area contributed by atoms with Crippen molar-refractivity contribution in [2.24, 2.45) is 4.99 Å². The molecule has 0 aliphatic carbocycles. The standard InChI is InChI=1S/C23H25ClFN3O3/c1-27-10-11-28(15-17(27)14-22(29)30-12-4-9-25)23-18-5-2-3-6-20(18)31-21-8-7-16(24)13-19(21)26-23/h2-3,5-8,13,17H,4,9-12,14-15H2,1H3. The van der Waals surface area contributed by atoms with E-state index in [0.717, 1.165) is 30.2 Å². The van der Waals surface area contributed by atoms with E-state index in [4.69, 9.17) is 26.1 Å². The summed E-state index contributed by atoms with van der Waals surface area (Å²) >= 11 is 6.21. The third-order valence-electron chi connectivity index (χ3n) is 5.52. The highest BCUT2D eigenvalue weighted by Gasteiger charge is 2.31. The molecule has 4 rings (SSSR count). The minimum atomic E-state index is -0.489. The molecule has 2 heterocycles. The third kappa shape index (κ3) is 4.99. The minimum Gasteiger partial charge on any atom is -0.466 e. The highest BCUT2D eigenvalue weighted by atomic mass is 35.5. The zero-order chi connectivity index (χ0) is 21.8. The van der Waals surface area contributed by atoms with Gasteiger partial charge in [-0.2, -0.15) is 0 Å². The highest BCUT2D eigenvalue weighted by molar-refractivity contribution is 6.31. The van der Waals surface area contributed by atoms with Crippen LogP contribution in [0.1, 0.15) is 18.4 Å². The van der Waals surface area contributed by atoms with E-state index in [9.17, 15) is 9.18 Å². The lowest BCUT2D eigenvalue weighted by molar-refractivity contribution is -0.145. The second-order valence-electron chi connectivity index (χ2n) is 7.69. The van der Waals surface area contributed by atoms with Crippen LogP contribution in [0.25, 0.3) is 0 Å². The molecule has 6 nitrogen and oxygen atoms in total. The van der Waals surface area contributed by atoms with E-state index in [0.29, 0.717) is 23.0 Å². The Balaban J connectivity index is 1.60. The maximum Gasteiger partial charge on any atom is 0.307 e. The number of aliphatic imine (C=N–C) groups is 1. The van der Waals surface area contributed by atoms with Crippen LogP contribution in [0.5, 0.6) is 11.5 Å². The van der Waals surface area contributed by atoms with Crippen LogP contribution in [-0.4, -0.2) is 67.6 Å². The van der Waals surface area contributed by atoms with Gasteiger partial charge in [-0.25, -0.2) is 4.99 Å². The second-order valence-corrected chi connectivity index (χ2v) is 8.13. The van der Waals surface area contributed by atoms with Gasteiger partial charge >= 0.3 is 5.97 Å². The molecule has 0 aromatic heterocycles. The molecule has 0 radical (unpaired) electrons. The van der Waals surface area contributed by atoms with Crippen molar-refractivity contribution in [3.8, 4) is 11.5 Å². The molecule has 1 atom stereocenters. The first-order valence-electron chi connectivity index (χ1n) is 10.4. The first kappa shape index (κ1) is 21.6. The number of alkyl halides is 1. The van der Waals surface area contributed by atoms with E-state index in [1.54, 1.807) is 12.1 Å². The fourth-order valence-electron chi connectivity index (χ4n) is 3.79. The van der Waals surface area contributed by atoms with Gasteiger partial charge in [-0.1, -0.05) is 23.7 Å². The Kier molecular flexibility index (Phi) is 6.73. The second kappa shape index (κ2) is 9.66. The number of hydrogen-bond donors (Lipinski definition) is 0. The molecule has 1 fully saturated rings. The van der Waals surface area contributed by atoms with Crippen molar-refractivity contribution >= 4 is 29.1 Å². The predicted octanol–water partition coefficient (Wildman–Crippen LogP) is 4.43. The van der Waals surface area contributed by atoms with Crippen molar-refractivity contribution in [1.82, 2.24) is 9.80 Å². The Morgan fingerprint density at radius 2 is 2.10 bits per heavy atom. The van der Waals surface area contributed by atoms with E-state index in [1.165, 1.54) is 0 Å². The Labute approximate surface area is 186 Å². The molecule has 164 valence electrons. The van der Waals surface area contributed by atoms with Gasteiger partial charge in [-0.15, -0.1) is 0 Å². The van der Waals surface area contributed by atoms with Crippen molar-refractivity contribution < 1.29 is 18.7 Å². The van der Waals surface area contributed by atoms with Gasteiger partial charge in [0.15, 0.2) is 5.75 Å². The average molecular weight is 446 g/mol. The van der Waals surface area contributed by atoms with Crippen molar-refractivity contribution in [2.45, 2.75) is 18.9 Å². The van der Waals surface area contributed by atoms with Gasteiger partial charge in [-0.3, -0.25) is 14.1 Å². The molecule has 0 N–H and O–H groups in total. The molecule has 0 spiro atoms. The fourth-order valence-corrected chi connectivity index (χ4v) is 3.96. The van der Waals surface area contributed by atoms with Crippen LogP contribution in [0, 0.1) is 0 Å². The van der Waals surface area contributed by atoms with Crippen molar-refractivity contribution in [2.75, 3.05) is 40.0 Å². The quantitative estimate of drug-likeness (QED) is 0.503. The molecule has 2 aromatic carbocycles. The summed E-state index contributed by atoms with van der Waals surface area (Å²) in [4.78, 5) is 21.5. The Morgan fingerprint density at radius 3 is 2.94 bits per heavy atom. The van der Waals surface area contributed by atoms with E-state index < -0.39 is 6.67 Å². The van der Waals surface area contributed by atoms with Gasteiger partial charge in [0.25, 0.3) is 0 Å². The number of carbonyl (C=O) groups excluding carboxylic acids is 1. The normalized spacial score (nSPS) is 18.4. The van der Waals surface area contributed by atoms with Crippen molar-refractivity contribution in [3.05, 3.63) is 53.1 Å². The van der Waals surface area contributed by atoms with Crippen LogP contribution >= 0.6 is 11.6 Å². The summed E-state index contributed by atoms with van der Waals surface area (Å²) in [7, 11) is 2.00. The molecular weight excluding hydrogens is 421 g/mol. The molecule has 2 aliphatic rings. The summed E-state index contributed by atoms with van der Waals surface area (Å²) in [5.74, 6) is 1.86. The number of hydrogen-bond acceptors (Lipinski definition) is 6. The lowest BCUT2D eigenvalue weighted by atomic mass is 10.1. The largest absolute Gasteiger partial charge is 0.466 e. The van der Waals surface area contributed by atoms with Gasteiger partial charge in [0.1, 0.15) is 17.3 Å². The van der Waals surface area contributed by atoms with Crippen LogP contribution < -0.4 is 4.74 Å². The number of piperazine rings is 1. The SMILES string of the molecule is CN1CCN(C2=Nc3cc(Cl)ccc3Oc3ccccc32)CC1CC(=O)OCCCF. The smallest absolute Gasteiger partial charge is 0.307 e. The number of halogens is 2. The number of nitrogens with zero attached hydrogens (tertiary/aromatic N) is 3. The van der Waals surface area contributed by atoms with Crippen LogP contribution in [0.15, 0.2) is 47.5 Å². The van der Waals surface area contributed by atoms with Gasteiger partial charge in [0.2, 0.25) is 0 Å². The van der Waals surface area contributed by atoms with E-state index in [1.807, 2.05) is 37.4 Å². The lowest BCUT2D eigenvalue weighted by Gasteiger charge is -2.40. The molecule has 1 unspecified atom stereocenters.